The van der Waals surface area contributed by atoms with Gasteiger partial charge in [0.15, 0.2) is 11.5 Å². The van der Waals surface area contributed by atoms with Crippen LogP contribution < -0.4 is 14.2 Å². The van der Waals surface area contributed by atoms with Crippen molar-refractivity contribution >= 4 is 0 Å². The van der Waals surface area contributed by atoms with E-state index < -0.39 is 6.10 Å². The lowest BCUT2D eigenvalue weighted by atomic mass is 9.84. The Kier molecular flexibility index (Phi) is 5.74. The van der Waals surface area contributed by atoms with Crippen LogP contribution >= 0.6 is 0 Å². The monoisotopic (exact) mass is 294 g/mol. The van der Waals surface area contributed by atoms with E-state index in [4.69, 9.17) is 14.2 Å². The first kappa shape index (κ1) is 16.0. The molecule has 1 N–H and O–H groups in total. The molecule has 21 heavy (non-hydrogen) atoms. The second kappa shape index (κ2) is 7.55. The minimum absolute atomic E-state index is 0.525. The molecule has 0 aromatic heterocycles. The van der Waals surface area contributed by atoms with Gasteiger partial charge in [0.2, 0.25) is 0 Å². The lowest BCUT2D eigenvalue weighted by molar-refractivity contribution is 0.128. The summed E-state index contributed by atoms with van der Waals surface area (Å²) in [5.41, 5.74) is 0.778. The molecule has 1 aromatic carbocycles. The molecular formula is C17H26O4. The van der Waals surface area contributed by atoms with Crippen molar-refractivity contribution in [3.8, 4) is 17.2 Å². The highest BCUT2D eigenvalue weighted by Crippen LogP contribution is 2.40. The van der Waals surface area contributed by atoms with Gasteiger partial charge >= 0.3 is 0 Å². The summed E-state index contributed by atoms with van der Waals surface area (Å²) in [6.45, 7) is 0. The smallest absolute Gasteiger partial charge is 0.164 e. The van der Waals surface area contributed by atoms with Gasteiger partial charge in [-0.2, -0.15) is 0 Å². The summed E-state index contributed by atoms with van der Waals surface area (Å²) in [6.07, 6.45) is 6.57. The van der Waals surface area contributed by atoms with Gasteiger partial charge in [-0.25, -0.2) is 0 Å². The van der Waals surface area contributed by atoms with Crippen LogP contribution in [0.15, 0.2) is 12.1 Å². The molecule has 1 aliphatic carbocycles. The number of hydrogen-bond donors (Lipinski definition) is 1. The van der Waals surface area contributed by atoms with E-state index in [2.05, 4.69) is 0 Å². The first-order valence-electron chi connectivity index (χ1n) is 7.67. The average molecular weight is 294 g/mol. The van der Waals surface area contributed by atoms with E-state index in [1.54, 1.807) is 27.4 Å². The maximum Gasteiger partial charge on any atom is 0.164 e. The first-order valence-corrected chi connectivity index (χ1v) is 7.67. The molecule has 1 atom stereocenters. The van der Waals surface area contributed by atoms with Crippen molar-refractivity contribution < 1.29 is 19.3 Å². The van der Waals surface area contributed by atoms with Crippen LogP contribution in [-0.2, 0) is 0 Å². The highest BCUT2D eigenvalue weighted by atomic mass is 16.5. The number of ether oxygens (including phenoxy) is 3. The van der Waals surface area contributed by atoms with Crippen LogP contribution in [-0.4, -0.2) is 26.4 Å². The number of rotatable bonds is 6. The summed E-state index contributed by atoms with van der Waals surface area (Å²) in [4.78, 5) is 0. The van der Waals surface area contributed by atoms with Crippen molar-refractivity contribution in [2.45, 2.75) is 44.6 Å². The Balaban J connectivity index is 2.19. The molecule has 0 amide bonds. The van der Waals surface area contributed by atoms with Crippen molar-refractivity contribution in [1.29, 1.82) is 0 Å². The lowest BCUT2D eigenvalue weighted by Gasteiger charge is -2.25. The summed E-state index contributed by atoms with van der Waals surface area (Å²) < 4.78 is 16.0. The maximum atomic E-state index is 10.6. The molecule has 0 saturated heterocycles. The molecule has 0 spiro atoms. The minimum Gasteiger partial charge on any atom is -0.496 e. The molecule has 4 nitrogen and oxygen atoms in total. The fourth-order valence-corrected chi connectivity index (χ4v) is 3.18. The Morgan fingerprint density at radius 2 is 1.52 bits per heavy atom. The molecule has 0 bridgehead atoms. The predicted octanol–water partition coefficient (Wildman–Crippen LogP) is 3.72. The second-order valence-electron chi connectivity index (χ2n) is 5.70. The topological polar surface area (TPSA) is 47.9 Å². The van der Waals surface area contributed by atoms with E-state index in [0.717, 1.165) is 12.0 Å². The normalized spacial score (nSPS) is 17.3. The summed E-state index contributed by atoms with van der Waals surface area (Å²) in [5, 5.41) is 10.6. The molecule has 1 saturated carbocycles. The average Bonchev–Trinajstić information content (AvgIpc) is 2.54. The van der Waals surface area contributed by atoms with Crippen LogP contribution in [0.3, 0.4) is 0 Å². The predicted molar refractivity (Wildman–Crippen MR) is 82.2 cm³/mol. The molecule has 0 aliphatic heterocycles. The molecule has 0 radical (unpaired) electrons. The van der Waals surface area contributed by atoms with E-state index in [1.807, 2.05) is 6.07 Å². The van der Waals surface area contributed by atoms with Crippen molar-refractivity contribution in [2.75, 3.05) is 21.3 Å². The second-order valence-corrected chi connectivity index (χ2v) is 5.70. The van der Waals surface area contributed by atoms with Gasteiger partial charge < -0.3 is 19.3 Å². The highest BCUT2D eigenvalue weighted by Gasteiger charge is 2.22. The zero-order valence-corrected chi connectivity index (χ0v) is 13.2. The molecule has 1 aliphatic rings. The zero-order chi connectivity index (χ0) is 15.2. The molecular weight excluding hydrogens is 268 g/mol. The maximum absolute atomic E-state index is 10.6. The molecule has 4 heteroatoms. The number of benzene rings is 1. The molecule has 1 fully saturated rings. The number of aliphatic hydroxyl groups is 1. The quantitative estimate of drug-likeness (QED) is 0.868. The summed E-state index contributed by atoms with van der Waals surface area (Å²) in [5.74, 6) is 2.49. The van der Waals surface area contributed by atoms with E-state index >= 15 is 0 Å². The van der Waals surface area contributed by atoms with Gasteiger partial charge in [-0.3, -0.25) is 0 Å². The molecule has 1 unspecified atom stereocenters. The van der Waals surface area contributed by atoms with Gasteiger partial charge in [0.25, 0.3) is 0 Å². The van der Waals surface area contributed by atoms with Gasteiger partial charge in [0, 0.05) is 11.6 Å². The third-order valence-corrected chi connectivity index (χ3v) is 4.38. The van der Waals surface area contributed by atoms with Crippen molar-refractivity contribution in [3.05, 3.63) is 17.7 Å². The van der Waals surface area contributed by atoms with E-state index in [-0.39, 0.29) is 0 Å². The summed E-state index contributed by atoms with van der Waals surface area (Å²) in [6, 6.07) is 3.60. The van der Waals surface area contributed by atoms with Gasteiger partial charge in [-0.15, -0.1) is 0 Å². The van der Waals surface area contributed by atoms with Gasteiger partial charge in [0.05, 0.1) is 27.4 Å². The van der Waals surface area contributed by atoms with Crippen molar-refractivity contribution in [2.24, 2.45) is 5.92 Å². The minimum atomic E-state index is -0.525. The van der Waals surface area contributed by atoms with E-state index in [9.17, 15) is 5.11 Å². The number of hydrogen-bond acceptors (Lipinski definition) is 4. The standard InChI is InChI=1S/C17H26O4/c1-19-15-11-17(21-3)16(20-2)10-13(15)14(18)9-12-7-5-4-6-8-12/h10-12,14,18H,4-9H2,1-3H3. The molecule has 118 valence electrons. The van der Waals surface area contributed by atoms with Gasteiger partial charge in [0.1, 0.15) is 5.75 Å². The third-order valence-electron chi connectivity index (χ3n) is 4.38. The summed E-state index contributed by atoms with van der Waals surface area (Å²) in [7, 11) is 4.80. The highest BCUT2D eigenvalue weighted by molar-refractivity contribution is 5.51. The zero-order valence-electron chi connectivity index (χ0n) is 13.2. The fourth-order valence-electron chi connectivity index (χ4n) is 3.18. The van der Waals surface area contributed by atoms with Crippen LogP contribution in [0.5, 0.6) is 17.2 Å². The Morgan fingerprint density at radius 3 is 2.10 bits per heavy atom. The lowest BCUT2D eigenvalue weighted by Crippen LogP contribution is -2.12. The van der Waals surface area contributed by atoms with Crippen LogP contribution in [0, 0.1) is 5.92 Å². The largest absolute Gasteiger partial charge is 0.496 e. The number of methoxy groups -OCH3 is 3. The number of aliphatic hydroxyl groups excluding tert-OH is 1. The van der Waals surface area contributed by atoms with E-state index in [1.165, 1.54) is 32.1 Å². The van der Waals surface area contributed by atoms with Crippen LogP contribution in [0.4, 0.5) is 0 Å². The Hall–Kier alpha value is -1.42. The van der Waals surface area contributed by atoms with Crippen molar-refractivity contribution in [1.82, 2.24) is 0 Å². The van der Waals surface area contributed by atoms with Crippen molar-refractivity contribution in [3.63, 3.8) is 0 Å². The first-order chi connectivity index (χ1) is 10.2. The fraction of sp³-hybridized carbons (Fsp3) is 0.647. The van der Waals surface area contributed by atoms with Crippen LogP contribution in [0.1, 0.15) is 50.2 Å². The molecule has 0 heterocycles. The van der Waals surface area contributed by atoms with E-state index in [0.29, 0.717) is 23.2 Å². The third kappa shape index (κ3) is 3.82. The summed E-state index contributed by atoms with van der Waals surface area (Å²) >= 11 is 0. The Bertz CT molecular complexity index is 452. The SMILES string of the molecule is COc1cc(OC)c(C(O)CC2CCCCC2)cc1OC. The van der Waals surface area contributed by atoms with Crippen LogP contribution in [0.2, 0.25) is 0 Å². The Morgan fingerprint density at radius 1 is 0.952 bits per heavy atom. The molecule has 1 aromatic rings. The van der Waals surface area contributed by atoms with Gasteiger partial charge in [-0.1, -0.05) is 32.1 Å². The Labute approximate surface area is 127 Å². The van der Waals surface area contributed by atoms with Gasteiger partial charge in [-0.05, 0) is 18.4 Å². The molecule has 2 rings (SSSR count). The van der Waals surface area contributed by atoms with Crippen LogP contribution in [0.25, 0.3) is 0 Å².